The molecule has 0 heterocycles. The van der Waals surface area contributed by atoms with E-state index in [0.29, 0.717) is 0 Å². The molecule has 0 bridgehead atoms. The smallest absolute Gasteiger partial charge is 0.0128 e. The summed E-state index contributed by atoms with van der Waals surface area (Å²) in [4.78, 5) is 2.69. The van der Waals surface area contributed by atoms with Gasteiger partial charge in [-0.15, -0.1) is 0 Å². The monoisotopic (exact) mass is 346 g/mol. The Hall–Kier alpha value is -1.73. The van der Waals surface area contributed by atoms with E-state index in [2.05, 4.69) is 60.7 Å². The van der Waals surface area contributed by atoms with Gasteiger partial charge in [-0.25, -0.2) is 0 Å². The fraction of sp³-hybridized carbons (Fsp3) is 0.333. The third kappa shape index (κ3) is 4.27. The Balaban J connectivity index is 1.54. The first-order valence-electron chi connectivity index (χ1n) is 9.65. The lowest BCUT2D eigenvalue weighted by molar-refractivity contribution is 0.742. The van der Waals surface area contributed by atoms with Gasteiger partial charge in [0.1, 0.15) is 0 Å². The van der Waals surface area contributed by atoms with Crippen LogP contribution in [0.3, 0.4) is 0 Å². The molecule has 0 nitrogen and oxygen atoms in total. The summed E-state index contributed by atoms with van der Waals surface area (Å²) in [5, 5.41) is 0. The summed E-state index contributed by atoms with van der Waals surface area (Å²) in [5.74, 6) is 0. The van der Waals surface area contributed by atoms with E-state index >= 15 is 0 Å². The number of allylic oxidation sites excluding steroid dienone is 4. The second-order valence-corrected chi connectivity index (χ2v) is 8.25. The fourth-order valence-corrected chi connectivity index (χ4v) is 4.79. The summed E-state index contributed by atoms with van der Waals surface area (Å²) in [6, 6.07) is 18.2. The SMILES string of the molecule is C1=C(c2cccc(Sc3cccc(C4=CCCCC4)c3)c2)CCCC1. The Morgan fingerprint density at radius 2 is 1.12 bits per heavy atom. The maximum absolute atomic E-state index is 2.43. The van der Waals surface area contributed by atoms with Crippen molar-refractivity contribution in [3.63, 3.8) is 0 Å². The summed E-state index contributed by atoms with van der Waals surface area (Å²) in [6.45, 7) is 0. The largest absolute Gasteiger partial charge is 0.0901 e. The molecule has 0 saturated carbocycles. The maximum Gasteiger partial charge on any atom is 0.0128 e. The van der Waals surface area contributed by atoms with Crippen LogP contribution >= 0.6 is 11.8 Å². The molecule has 2 aliphatic rings. The van der Waals surface area contributed by atoms with Gasteiger partial charge in [0.05, 0.1) is 0 Å². The van der Waals surface area contributed by atoms with Gasteiger partial charge in [-0.2, -0.15) is 0 Å². The Morgan fingerprint density at radius 3 is 1.56 bits per heavy atom. The number of hydrogen-bond donors (Lipinski definition) is 0. The van der Waals surface area contributed by atoms with Gasteiger partial charge in [-0.3, -0.25) is 0 Å². The molecule has 0 unspecified atom stereocenters. The highest BCUT2D eigenvalue weighted by Crippen LogP contribution is 2.34. The van der Waals surface area contributed by atoms with E-state index in [1.807, 2.05) is 11.8 Å². The first-order valence-corrected chi connectivity index (χ1v) is 10.5. The minimum Gasteiger partial charge on any atom is -0.0901 e. The van der Waals surface area contributed by atoms with Crippen molar-refractivity contribution in [3.05, 3.63) is 71.8 Å². The predicted octanol–water partition coefficient (Wildman–Crippen LogP) is 7.75. The lowest BCUT2D eigenvalue weighted by Crippen LogP contribution is -1.92. The average molecular weight is 347 g/mol. The van der Waals surface area contributed by atoms with Crippen LogP contribution in [-0.2, 0) is 0 Å². The number of benzene rings is 2. The second kappa shape index (κ2) is 8.10. The van der Waals surface area contributed by atoms with Gasteiger partial charge >= 0.3 is 0 Å². The highest BCUT2D eigenvalue weighted by molar-refractivity contribution is 7.99. The van der Waals surface area contributed by atoms with Gasteiger partial charge in [0.15, 0.2) is 0 Å². The Bertz CT molecular complexity index is 730. The average Bonchev–Trinajstić information content (AvgIpc) is 2.70. The summed E-state index contributed by atoms with van der Waals surface area (Å²) in [5.41, 5.74) is 5.90. The normalized spacial score (nSPS) is 17.8. The van der Waals surface area contributed by atoms with E-state index in [-0.39, 0.29) is 0 Å². The number of rotatable bonds is 4. The van der Waals surface area contributed by atoms with Crippen molar-refractivity contribution in [2.24, 2.45) is 0 Å². The van der Waals surface area contributed by atoms with E-state index < -0.39 is 0 Å². The zero-order valence-corrected chi connectivity index (χ0v) is 15.7. The van der Waals surface area contributed by atoms with E-state index in [0.717, 1.165) is 0 Å². The molecule has 0 N–H and O–H groups in total. The van der Waals surface area contributed by atoms with Gasteiger partial charge < -0.3 is 0 Å². The topological polar surface area (TPSA) is 0 Å². The van der Waals surface area contributed by atoms with Crippen LogP contribution in [0.5, 0.6) is 0 Å². The molecule has 0 aliphatic heterocycles. The van der Waals surface area contributed by atoms with Crippen molar-refractivity contribution in [2.45, 2.75) is 61.2 Å². The van der Waals surface area contributed by atoms with Crippen LogP contribution in [0, 0.1) is 0 Å². The Labute approximate surface area is 156 Å². The lowest BCUT2D eigenvalue weighted by Gasteiger charge is -2.15. The van der Waals surface area contributed by atoms with Crippen molar-refractivity contribution in [2.75, 3.05) is 0 Å². The van der Waals surface area contributed by atoms with E-state index in [4.69, 9.17) is 0 Å². The molecule has 2 aliphatic carbocycles. The highest BCUT2D eigenvalue weighted by Gasteiger charge is 2.09. The maximum atomic E-state index is 2.43. The molecule has 25 heavy (non-hydrogen) atoms. The zero-order valence-electron chi connectivity index (χ0n) is 14.8. The van der Waals surface area contributed by atoms with Gasteiger partial charge in [0.2, 0.25) is 0 Å². The molecular formula is C24H26S. The highest BCUT2D eigenvalue weighted by atomic mass is 32.2. The van der Waals surface area contributed by atoms with Gasteiger partial charge in [-0.1, -0.05) is 48.2 Å². The molecule has 4 rings (SSSR count). The molecule has 0 aromatic heterocycles. The van der Waals surface area contributed by atoms with Gasteiger partial charge in [0, 0.05) is 9.79 Å². The molecule has 0 spiro atoms. The predicted molar refractivity (Wildman–Crippen MR) is 110 cm³/mol. The summed E-state index contributed by atoms with van der Waals surface area (Å²) >= 11 is 1.89. The third-order valence-electron chi connectivity index (χ3n) is 5.23. The van der Waals surface area contributed by atoms with Crippen molar-refractivity contribution in [1.29, 1.82) is 0 Å². The van der Waals surface area contributed by atoms with Crippen LogP contribution in [0.2, 0.25) is 0 Å². The van der Waals surface area contributed by atoms with Crippen molar-refractivity contribution >= 4 is 22.9 Å². The summed E-state index contributed by atoms with van der Waals surface area (Å²) < 4.78 is 0. The quantitative estimate of drug-likeness (QED) is 0.545. The van der Waals surface area contributed by atoms with Crippen LogP contribution in [0.15, 0.2) is 70.5 Å². The minimum absolute atomic E-state index is 1.23. The molecule has 1 heteroatoms. The first kappa shape index (κ1) is 16.7. The van der Waals surface area contributed by atoms with E-state index in [1.165, 1.54) is 83.4 Å². The Morgan fingerprint density at radius 1 is 0.600 bits per heavy atom. The molecule has 0 saturated heterocycles. The molecule has 0 radical (unpaired) electrons. The van der Waals surface area contributed by atoms with E-state index in [9.17, 15) is 0 Å². The van der Waals surface area contributed by atoms with Crippen LogP contribution in [0.25, 0.3) is 11.1 Å². The molecular weight excluding hydrogens is 320 g/mol. The van der Waals surface area contributed by atoms with Gasteiger partial charge in [-0.05, 0) is 97.9 Å². The molecule has 0 fully saturated rings. The molecule has 2 aromatic rings. The molecule has 0 atom stereocenters. The second-order valence-electron chi connectivity index (χ2n) is 7.11. The van der Waals surface area contributed by atoms with Crippen LogP contribution < -0.4 is 0 Å². The molecule has 128 valence electrons. The van der Waals surface area contributed by atoms with Crippen molar-refractivity contribution < 1.29 is 0 Å². The fourth-order valence-electron chi connectivity index (χ4n) is 3.86. The minimum atomic E-state index is 1.23. The van der Waals surface area contributed by atoms with E-state index in [1.54, 1.807) is 0 Å². The molecule has 0 amide bonds. The first-order chi connectivity index (χ1) is 12.4. The van der Waals surface area contributed by atoms with Crippen molar-refractivity contribution in [1.82, 2.24) is 0 Å². The zero-order chi connectivity index (χ0) is 16.9. The Kier molecular flexibility index (Phi) is 5.42. The molecule has 2 aromatic carbocycles. The third-order valence-corrected chi connectivity index (χ3v) is 6.21. The van der Waals surface area contributed by atoms with Crippen LogP contribution in [0.4, 0.5) is 0 Å². The van der Waals surface area contributed by atoms with Gasteiger partial charge in [0.25, 0.3) is 0 Å². The van der Waals surface area contributed by atoms with Crippen LogP contribution in [0.1, 0.15) is 62.5 Å². The summed E-state index contributed by atoms with van der Waals surface area (Å²) in [6.07, 6.45) is 15.2. The van der Waals surface area contributed by atoms with Crippen LogP contribution in [-0.4, -0.2) is 0 Å². The van der Waals surface area contributed by atoms with Crippen molar-refractivity contribution in [3.8, 4) is 0 Å². The lowest BCUT2D eigenvalue weighted by atomic mass is 9.94. The number of hydrogen-bond acceptors (Lipinski definition) is 1. The standard InChI is InChI=1S/C24H26S/c1-3-9-19(10-4-1)21-13-7-15-23(17-21)25-24-16-8-14-22(18-24)20-11-5-2-6-12-20/h7-9,11,13-18H,1-6,10,12H2. The summed E-state index contributed by atoms with van der Waals surface area (Å²) in [7, 11) is 0.